The Kier molecular flexibility index (Phi) is 4.87. The van der Waals surface area contributed by atoms with E-state index in [1.54, 1.807) is 11.3 Å². The number of nitrogens with one attached hydrogen (secondary N) is 1. The Balaban J connectivity index is 2.23. The molecule has 1 unspecified atom stereocenters. The van der Waals surface area contributed by atoms with Gasteiger partial charge in [-0.05, 0) is 19.5 Å². The Bertz CT molecular complexity index is 470. The number of nitrogens with zero attached hydrogens (tertiary/aromatic N) is 1. The second-order valence-corrected chi connectivity index (χ2v) is 5.09. The van der Waals surface area contributed by atoms with Gasteiger partial charge >= 0.3 is 0 Å². The second kappa shape index (κ2) is 6.64. The van der Waals surface area contributed by atoms with E-state index in [1.165, 1.54) is 4.88 Å². The number of ether oxygens (including phenoxy) is 1. The van der Waals surface area contributed by atoms with Crippen molar-refractivity contribution >= 4 is 11.3 Å². The van der Waals surface area contributed by atoms with E-state index in [0.717, 1.165) is 17.1 Å². The summed E-state index contributed by atoms with van der Waals surface area (Å²) in [7, 11) is 1.94. The first-order valence-electron chi connectivity index (χ1n) is 6.11. The predicted octanol–water partition coefficient (Wildman–Crippen LogP) is 2.99. The number of hydrogen-bond acceptors (Lipinski definition) is 4. The van der Waals surface area contributed by atoms with Crippen LogP contribution in [0.15, 0.2) is 36.5 Å². The monoisotopic (exact) mass is 262 g/mol. The summed E-state index contributed by atoms with van der Waals surface area (Å²) >= 11 is 1.70. The molecule has 0 radical (unpaired) electrons. The van der Waals surface area contributed by atoms with E-state index in [1.807, 2.05) is 38.4 Å². The molecular weight excluding hydrogens is 244 g/mol. The van der Waals surface area contributed by atoms with Crippen molar-refractivity contribution in [2.75, 3.05) is 13.7 Å². The van der Waals surface area contributed by atoms with E-state index in [4.69, 9.17) is 4.74 Å². The van der Waals surface area contributed by atoms with Gasteiger partial charge in [0.2, 0.25) is 0 Å². The van der Waals surface area contributed by atoms with Crippen LogP contribution in [0.1, 0.15) is 28.5 Å². The average molecular weight is 262 g/mol. The van der Waals surface area contributed by atoms with Gasteiger partial charge in [-0.2, -0.15) is 0 Å². The zero-order valence-corrected chi connectivity index (χ0v) is 11.5. The molecule has 3 nitrogen and oxygen atoms in total. The highest BCUT2D eigenvalue weighted by atomic mass is 32.1. The summed E-state index contributed by atoms with van der Waals surface area (Å²) in [4.78, 5) is 5.71. The first-order valence-corrected chi connectivity index (χ1v) is 6.92. The van der Waals surface area contributed by atoms with Gasteiger partial charge in [-0.3, -0.25) is 0 Å². The van der Waals surface area contributed by atoms with Gasteiger partial charge in [0.1, 0.15) is 11.1 Å². The molecule has 0 fully saturated rings. The highest BCUT2D eigenvalue weighted by molar-refractivity contribution is 7.11. The second-order valence-electron chi connectivity index (χ2n) is 3.94. The van der Waals surface area contributed by atoms with Gasteiger partial charge in [-0.1, -0.05) is 30.3 Å². The van der Waals surface area contributed by atoms with Gasteiger partial charge in [0, 0.05) is 24.2 Å². The standard InChI is InChI=1S/C14H18N2OS/c1-3-17-13(11-7-5-4-6-8-11)14-16-10-12(18-14)9-15-2/h4-8,10,13,15H,3,9H2,1-2H3. The lowest BCUT2D eigenvalue weighted by Gasteiger charge is -2.14. The minimum Gasteiger partial charge on any atom is -0.367 e. The minimum absolute atomic E-state index is 0.0493. The third kappa shape index (κ3) is 3.16. The van der Waals surface area contributed by atoms with Crippen molar-refractivity contribution in [3.63, 3.8) is 0 Å². The van der Waals surface area contributed by atoms with Crippen LogP contribution in [0.4, 0.5) is 0 Å². The molecular formula is C14H18N2OS. The predicted molar refractivity (Wildman–Crippen MR) is 74.8 cm³/mol. The van der Waals surface area contributed by atoms with Crippen molar-refractivity contribution in [3.05, 3.63) is 52.0 Å². The number of benzene rings is 1. The first-order chi connectivity index (χ1) is 8.85. The molecule has 18 heavy (non-hydrogen) atoms. The number of rotatable bonds is 6. The van der Waals surface area contributed by atoms with E-state index in [2.05, 4.69) is 22.4 Å². The van der Waals surface area contributed by atoms with Crippen molar-refractivity contribution in [3.8, 4) is 0 Å². The summed E-state index contributed by atoms with van der Waals surface area (Å²) in [6.07, 6.45) is 1.87. The average Bonchev–Trinajstić information content (AvgIpc) is 2.86. The van der Waals surface area contributed by atoms with Crippen LogP contribution in [0.3, 0.4) is 0 Å². The quantitative estimate of drug-likeness (QED) is 0.869. The molecule has 0 aliphatic heterocycles. The van der Waals surface area contributed by atoms with Gasteiger partial charge in [-0.15, -0.1) is 11.3 Å². The summed E-state index contributed by atoms with van der Waals surface area (Å²) in [6.45, 7) is 3.55. The molecule has 1 aromatic heterocycles. The van der Waals surface area contributed by atoms with E-state index >= 15 is 0 Å². The maximum atomic E-state index is 5.83. The van der Waals surface area contributed by atoms with E-state index in [0.29, 0.717) is 6.61 Å². The lowest BCUT2D eigenvalue weighted by Crippen LogP contribution is -2.05. The van der Waals surface area contributed by atoms with Crippen LogP contribution in [0, 0.1) is 0 Å². The van der Waals surface area contributed by atoms with Gasteiger partial charge < -0.3 is 10.1 Å². The summed E-state index contributed by atoms with van der Waals surface area (Å²) in [5.74, 6) is 0. The topological polar surface area (TPSA) is 34.1 Å². The number of thiazole rings is 1. The fourth-order valence-corrected chi connectivity index (χ4v) is 2.81. The third-order valence-electron chi connectivity index (χ3n) is 2.58. The lowest BCUT2D eigenvalue weighted by molar-refractivity contribution is 0.0911. The van der Waals surface area contributed by atoms with E-state index in [9.17, 15) is 0 Å². The largest absolute Gasteiger partial charge is 0.367 e. The molecule has 0 spiro atoms. The fraction of sp³-hybridized carbons (Fsp3) is 0.357. The van der Waals surface area contributed by atoms with Gasteiger partial charge in [0.15, 0.2) is 0 Å². The van der Waals surface area contributed by atoms with Gasteiger partial charge in [0.05, 0.1) is 0 Å². The van der Waals surface area contributed by atoms with Crippen molar-refractivity contribution in [1.29, 1.82) is 0 Å². The molecule has 96 valence electrons. The minimum atomic E-state index is -0.0493. The molecule has 4 heteroatoms. The van der Waals surface area contributed by atoms with E-state index < -0.39 is 0 Å². The van der Waals surface area contributed by atoms with E-state index in [-0.39, 0.29) is 6.10 Å². The molecule has 0 aliphatic rings. The highest BCUT2D eigenvalue weighted by Gasteiger charge is 2.17. The molecule has 0 bridgehead atoms. The summed E-state index contributed by atoms with van der Waals surface area (Å²) in [6, 6.07) is 10.2. The molecule has 0 saturated heterocycles. The van der Waals surface area contributed by atoms with Crippen molar-refractivity contribution in [1.82, 2.24) is 10.3 Å². The molecule has 2 rings (SSSR count). The molecule has 0 aliphatic carbocycles. The third-order valence-corrected chi connectivity index (χ3v) is 3.62. The Morgan fingerprint density at radius 1 is 1.33 bits per heavy atom. The van der Waals surface area contributed by atoms with Crippen LogP contribution in [0.5, 0.6) is 0 Å². The summed E-state index contributed by atoms with van der Waals surface area (Å²) in [5.41, 5.74) is 1.16. The molecule has 1 aromatic carbocycles. The van der Waals surface area contributed by atoms with Crippen LogP contribution in [0.25, 0.3) is 0 Å². The molecule has 1 atom stereocenters. The maximum absolute atomic E-state index is 5.83. The smallest absolute Gasteiger partial charge is 0.134 e. The Morgan fingerprint density at radius 2 is 2.11 bits per heavy atom. The summed E-state index contributed by atoms with van der Waals surface area (Å²) in [5, 5.41) is 4.16. The maximum Gasteiger partial charge on any atom is 0.134 e. The molecule has 1 heterocycles. The van der Waals surface area contributed by atoms with Crippen LogP contribution in [0.2, 0.25) is 0 Å². The van der Waals surface area contributed by atoms with Crippen LogP contribution in [-0.4, -0.2) is 18.6 Å². The summed E-state index contributed by atoms with van der Waals surface area (Å²) < 4.78 is 5.83. The Morgan fingerprint density at radius 3 is 2.78 bits per heavy atom. The Hall–Kier alpha value is -1.23. The number of aromatic nitrogens is 1. The zero-order chi connectivity index (χ0) is 12.8. The zero-order valence-electron chi connectivity index (χ0n) is 10.7. The SMILES string of the molecule is CCOC(c1ccccc1)c1ncc(CNC)s1. The van der Waals surface area contributed by atoms with Crippen LogP contribution < -0.4 is 5.32 Å². The molecule has 0 amide bonds. The van der Waals surface area contributed by atoms with Crippen molar-refractivity contribution in [2.24, 2.45) is 0 Å². The van der Waals surface area contributed by atoms with Gasteiger partial charge in [0.25, 0.3) is 0 Å². The number of hydrogen-bond donors (Lipinski definition) is 1. The molecule has 2 aromatic rings. The van der Waals surface area contributed by atoms with Crippen molar-refractivity contribution in [2.45, 2.75) is 19.6 Å². The lowest BCUT2D eigenvalue weighted by atomic mass is 10.1. The molecule has 0 saturated carbocycles. The van der Waals surface area contributed by atoms with Crippen LogP contribution >= 0.6 is 11.3 Å². The highest BCUT2D eigenvalue weighted by Crippen LogP contribution is 2.29. The van der Waals surface area contributed by atoms with Crippen molar-refractivity contribution < 1.29 is 4.74 Å². The van der Waals surface area contributed by atoms with Crippen LogP contribution in [-0.2, 0) is 11.3 Å². The fourth-order valence-electron chi connectivity index (χ4n) is 1.80. The Labute approximate surface area is 112 Å². The van der Waals surface area contributed by atoms with Gasteiger partial charge in [-0.25, -0.2) is 4.98 Å². The first kappa shape index (κ1) is 13.2. The molecule has 1 N–H and O–H groups in total. The normalized spacial score (nSPS) is 12.6.